The van der Waals surface area contributed by atoms with Crippen molar-refractivity contribution in [2.45, 2.75) is 26.4 Å². The zero-order chi connectivity index (χ0) is 22.1. The van der Waals surface area contributed by atoms with E-state index in [1.54, 1.807) is 20.8 Å². The number of carbonyl (C=O) groups excluding carboxylic acids is 2. The normalized spacial score (nSPS) is 14.6. The average Bonchev–Trinajstić information content (AvgIpc) is 2.66. The van der Waals surface area contributed by atoms with Crippen LogP contribution in [0.4, 0.5) is 13.6 Å². The van der Waals surface area contributed by atoms with E-state index in [0.29, 0.717) is 18.7 Å². The maximum Gasteiger partial charge on any atom is 0.410 e. The Balaban J connectivity index is 1.68. The van der Waals surface area contributed by atoms with E-state index in [1.807, 2.05) is 0 Å². The third kappa shape index (κ3) is 5.08. The van der Waals surface area contributed by atoms with Crippen molar-refractivity contribution < 1.29 is 23.1 Å². The number of nitrogens with zero attached hydrogens (tertiary/aromatic N) is 2. The first-order valence-electron chi connectivity index (χ1n) is 9.57. The molecule has 2 amide bonds. The van der Waals surface area contributed by atoms with Crippen molar-refractivity contribution in [3.05, 3.63) is 58.6 Å². The van der Waals surface area contributed by atoms with Crippen LogP contribution in [0.1, 0.15) is 31.1 Å². The van der Waals surface area contributed by atoms with Crippen LogP contribution in [0.2, 0.25) is 5.02 Å². The summed E-state index contributed by atoms with van der Waals surface area (Å²) < 4.78 is 34.1. The van der Waals surface area contributed by atoms with Crippen LogP contribution in [0.5, 0.6) is 0 Å². The van der Waals surface area contributed by atoms with E-state index in [0.717, 1.165) is 12.1 Å². The summed E-state index contributed by atoms with van der Waals surface area (Å²) >= 11 is 5.75. The van der Waals surface area contributed by atoms with Gasteiger partial charge in [0.2, 0.25) is 0 Å². The first-order valence-corrected chi connectivity index (χ1v) is 9.95. The molecular weight excluding hydrogens is 414 g/mol. The molecule has 1 heterocycles. The minimum absolute atomic E-state index is 0.0983. The highest BCUT2D eigenvalue weighted by Crippen LogP contribution is 2.27. The first-order chi connectivity index (χ1) is 14.0. The fourth-order valence-electron chi connectivity index (χ4n) is 3.17. The monoisotopic (exact) mass is 436 g/mol. The van der Waals surface area contributed by atoms with Crippen LogP contribution in [0.3, 0.4) is 0 Å². The van der Waals surface area contributed by atoms with Gasteiger partial charge in [-0.05, 0) is 56.7 Å². The Morgan fingerprint density at radius 1 is 0.933 bits per heavy atom. The summed E-state index contributed by atoms with van der Waals surface area (Å²) in [5.41, 5.74) is -0.187. The molecule has 3 rings (SSSR count). The molecule has 1 aliphatic heterocycles. The standard InChI is InChI=1S/C22H23ClF2N2O3/c1-22(2,3)30-21(29)27-10-8-26(9-11-27)20(28)17-6-4-14(12-18(17)24)16-7-5-15(23)13-19(16)25/h4-7,12-13H,8-11H2,1-3H3. The van der Waals surface area contributed by atoms with Gasteiger partial charge in [0.05, 0.1) is 5.56 Å². The van der Waals surface area contributed by atoms with Crippen molar-refractivity contribution in [2.75, 3.05) is 26.2 Å². The average molecular weight is 437 g/mol. The van der Waals surface area contributed by atoms with E-state index in [9.17, 15) is 18.4 Å². The van der Waals surface area contributed by atoms with Crippen molar-refractivity contribution in [3.8, 4) is 11.1 Å². The number of rotatable bonds is 2. The lowest BCUT2D eigenvalue weighted by Crippen LogP contribution is -2.51. The van der Waals surface area contributed by atoms with Gasteiger partial charge in [0.1, 0.15) is 17.2 Å². The highest BCUT2D eigenvalue weighted by Gasteiger charge is 2.29. The van der Waals surface area contributed by atoms with Gasteiger partial charge < -0.3 is 14.5 Å². The number of carbonyl (C=O) groups is 2. The van der Waals surface area contributed by atoms with Crippen LogP contribution in [0.25, 0.3) is 11.1 Å². The van der Waals surface area contributed by atoms with Crippen LogP contribution < -0.4 is 0 Å². The largest absolute Gasteiger partial charge is 0.444 e. The Bertz CT molecular complexity index is 967. The lowest BCUT2D eigenvalue weighted by atomic mass is 10.0. The number of piperazine rings is 1. The maximum atomic E-state index is 14.7. The van der Waals surface area contributed by atoms with Gasteiger partial charge in [-0.25, -0.2) is 13.6 Å². The highest BCUT2D eigenvalue weighted by atomic mass is 35.5. The molecule has 1 aliphatic rings. The molecule has 0 spiro atoms. The molecule has 2 aromatic carbocycles. The molecule has 0 aromatic heterocycles. The molecule has 0 radical (unpaired) electrons. The molecule has 0 N–H and O–H groups in total. The SMILES string of the molecule is CC(C)(C)OC(=O)N1CCN(C(=O)c2ccc(-c3ccc(Cl)cc3F)cc2F)CC1. The number of benzene rings is 2. The van der Waals surface area contributed by atoms with Gasteiger partial charge >= 0.3 is 6.09 Å². The minimum Gasteiger partial charge on any atom is -0.444 e. The van der Waals surface area contributed by atoms with E-state index in [4.69, 9.17) is 16.3 Å². The Morgan fingerprint density at radius 2 is 1.57 bits per heavy atom. The minimum atomic E-state index is -0.735. The second-order valence-corrected chi connectivity index (χ2v) is 8.51. The predicted octanol–water partition coefficient (Wildman–Crippen LogP) is 4.98. The smallest absolute Gasteiger partial charge is 0.410 e. The Hall–Kier alpha value is -2.67. The van der Waals surface area contributed by atoms with Crippen LogP contribution in [-0.2, 0) is 4.74 Å². The van der Waals surface area contributed by atoms with E-state index < -0.39 is 29.2 Å². The number of hydrogen-bond donors (Lipinski definition) is 0. The maximum absolute atomic E-state index is 14.7. The van der Waals surface area contributed by atoms with E-state index in [1.165, 1.54) is 34.1 Å². The lowest BCUT2D eigenvalue weighted by molar-refractivity contribution is 0.0140. The molecule has 0 unspecified atom stereocenters. The van der Waals surface area contributed by atoms with E-state index in [-0.39, 0.29) is 29.2 Å². The molecule has 2 aromatic rings. The quantitative estimate of drug-likeness (QED) is 0.667. The van der Waals surface area contributed by atoms with Gasteiger partial charge in [-0.3, -0.25) is 4.79 Å². The zero-order valence-electron chi connectivity index (χ0n) is 17.0. The second kappa shape index (κ2) is 8.60. The third-order valence-electron chi connectivity index (χ3n) is 4.66. The molecule has 1 fully saturated rings. The van der Waals surface area contributed by atoms with Gasteiger partial charge in [0, 0.05) is 36.8 Å². The van der Waals surface area contributed by atoms with Crippen LogP contribution in [0, 0.1) is 11.6 Å². The predicted molar refractivity (Wildman–Crippen MR) is 111 cm³/mol. The molecular formula is C22H23ClF2N2O3. The van der Waals surface area contributed by atoms with Crippen molar-refractivity contribution in [3.63, 3.8) is 0 Å². The Kier molecular flexibility index (Phi) is 6.31. The summed E-state index contributed by atoms with van der Waals surface area (Å²) in [4.78, 5) is 27.9. The van der Waals surface area contributed by atoms with Gasteiger partial charge in [0.25, 0.3) is 5.91 Å². The molecule has 8 heteroatoms. The Morgan fingerprint density at radius 3 is 2.13 bits per heavy atom. The summed E-state index contributed by atoms with van der Waals surface area (Å²) in [5.74, 6) is -1.78. The number of ether oxygens (including phenoxy) is 1. The summed E-state index contributed by atoms with van der Waals surface area (Å²) in [6.45, 7) is 6.50. The summed E-state index contributed by atoms with van der Waals surface area (Å²) in [5, 5.41) is 0.244. The van der Waals surface area contributed by atoms with Crippen molar-refractivity contribution in [1.29, 1.82) is 0 Å². The molecule has 1 saturated heterocycles. The molecule has 160 valence electrons. The fourth-order valence-corrected chi connectivity index (χ4v) is 3.33. The Labute approximate surface area is 179 Å². The molecule has 0 atom stereocenters. The molecule has 5 nitrogen and oxygen atoms in total. The summed E-state index contributed by atoms with van der Waals surface area (Å²) in [6.07, 6.45) is -0.435. The molecule has 30 heavy (non-hydrogen) atoms. The lowest BCUT2D eigenvalue weighted by Gasteiger charge is -2.35. The number of halogens is 3. The van der Waals surface area contributed by atoms with Crippen molar-refractivity contribution in [2.24, 2.45) is 0 Å². The molecule has 0 saturated carbocycles. The zero-order valence-corrected chi connectivity index (χ0v) is 17.8. The summed E-state index contributed by atoms with van der Waals surface area (Å²) in [6, 6.07) is 8.11. The van der Waals surface area contributed by atoms with Crippen molar-refractivity contribution in [1.82, 2.24) is 9.80 Å². The third-order valence-corrected chi connectivity index (χ3v) is 4.90. The molecule has 0 aliphatic carbocycles. The number of amides is 2. The second-order valence-electron chi connectivity index (χ2n) is 8.08. The van der Waals surface area contributed by atoms with Crippen LogP contribution in [0.15, 0.2) is 36.4 Å². The van der Waals surface area contributed by atoms with Gasteiger partial charge in [-0.15, -0.1) is 0 Å². The van der Waals surface area contributed by atoms with Gasteiger partial charge in [-0.1, -0.05) is 17.7 Å². The first kappa shape index (κ1) is 22.0. The van der Waals surface area contributed by atoms with E-state index in [2.05, 4.69) is 0 Å². The van der Waals surface area contributed by atoms with Gasteiger partial charge in [-0.2, -0.15) is 0 Å². The highest BCUT2D eigenvalue weighted by molar-refractivity contribution is 6.30. The van der Waals surface area contributed by atoms with Crippen LogP contribution in [-0.4, -0.2) is 53.6 Å². The fraction of sp³-hybridized carbons (Fsp3) is 0.364. The van der Waals surface area contributed by atoms with Crippen LogP contribution >= 0.6 is 11.6 Å². The van der Waals surface area contributed by atoms with E-state index >= 15 is 0 Å². The number of hydrogen-bond acceptors (Lipinski definition) is 3. The topological polar surface area (TPSA) is 49.9 Å². The summed E-state index contributed by atoms with van der Waals surface area (Å²) in [7, 11) is 0. The van der Waals surface area contributed by atoms with Crippen molar-refractivity contribution >= 4 is 23.6 Å². The van der Waals surface area contributed by atoms with Gasteiger partial charge in [0.15, 0.2) is 0 Å². The molecule has 0 bridgehead atoms.